The van der Waals surface area contributed by atoms with E-state index in [9.17, 15) is 0 Å². The van der Waals surface area contributed by atoms with E-state index in [-0.39, 0.29) is 0 Å². The first-order chi connectivity index (χ1) is 14.2. The number of nitrogens with zero attached hydrogens (tertiary/aromatic N) is 1. The van der Waals surface area contributed by atoms with Crippen molar-refractivity contribution in [3.05, 3.63) is 57.6 Å². The molecule has 1 saturated heterocycles. The van der Waals surface area contributed by atoms with Crippen LogP contribution in [0.25, 0.3) is 0 Å². The molecule has 158 valence electrons. The summed E-state index contributed by atoms with van der Waals surface area (Å²) in [6.45, 7) is 6.90. The minimum absolute atomic E-state index is 0.390. The second-order valence-electron chi connectivity index (χ2n) is 6.97. The van der Waals surface area contributed by atoms with E-state index in [1.54, 1.807) is 13.2 Å². The molecular weight excluding hydrogens is 411 g/mol. The van der Waals surface area contributed by atoms with Crippen LogP contribution in [0.3, 0.4) is 0 Å². The highest BCUT2D eigenvalue weighted by atomic mass is 35.5. The van der Waals surface area contributed by atoms with Gasteiger partial charge in [0.15, 0.2) is 11.5 Å². The predicted molar refractivity (Wildman–Crippen MR) is 117 cm³/mol. The van der Waals surface area contributed by atoms with Crippen molar-refractivity contribution in [1.29, 1.82) is 0 Å². The monoisotopic (exact) mass is 438 g/mol. The molecular formula is C22H28Cl2N2O3. The van der Waals surface area contributed by atoms with Gasteiger partial charge in [0.2, 0.25) is 0 Å². The zero-order chi connectivity index (χ0) is 20.5. The molecule has 0 amide bonds. The first-order valence-electron chi connectivity index (χ1n) is 9.91. The molecule has 0 atom stereocenters. The number of morpholine rings is 1. The third-order valence-corrected chi connectivity index (χ3v) is 5.63. The minimum Gasteiger partial charge on any atom is -0.493 e. The Morgan fingerprint density at radius 1 is 1.10 bits per heavy atom. The Balaban J connectivity index is 1.53. The van der Waals surface area contributed by atoms with Crippen molar-refractivity contribution >= 4 is 23.2 Å². The van der Waals surface area contributed by atoms with Crippen LogP contribution >= 0.6 is 23.2 Å². The maximum absolute atomic E-state index is 6.11. The number of halogens is 2. The van der Waals surface area contributed by atoms with Crippen molar-refractivity contribution in [2.45, 2.75) is 19.6 Å². The highest BCUT2D eigenvalue weighted by molar-refractivity contribution is 6.42. The van der Waals surface area contributed by atoms with E-state index < -0.39 is 0 Å². The van der Waals surface area contributed by atoms with E-state index in [1.807, 2.05) is 24.3 Å². The fourth-order valence-corrected chi connectivity index (χ4v) is 3.61. The van der Waals surface area contributed by atoms with Crippen molar-refractivity contribution in [2.75, 3.05) is 46.5 Å². The van der Waals surface area contributed by atoms with Crippen molar-refractivity contribution in [1.82, 2.24) is 10.2 Å². The van der Waals surface area contributed by atoms with E-state index in [4.69, 9.17) is 37.4 Å². The fraction of sp³-hybridized carbons (Fsp3) is 0.455. The van der Waals surface area contributed by atoms with Crippen molar-refractivity contribution in [3.8, 4) is 11.5 Å². The van der Waals surface area contributed by atoms with Gasteiger partial charge in [-0.25, -0.2) is 0 Å². The zero-order valence-corrected chi connectivity index (χ0v) is 18.3. The standard InChI is InChI=1S/C22H28Cl2N2O3/c1-27-21-5-2-4-18(15-25-8-3-9-26-10-12-28-13-11-26)22(21)29-16-17-6-7-19(23)20(24)14-17/h2,4-7,14,25H,3,8-13,15-16H2,1H3. The molecule has 29 heavy (non-hydrogen) atoms. The second kappa shape index (κ2) is 11.6. The van der Waals surface area contributed by atoms with Crippen LogP contribution in [0.5, 0.6) is 11.5 Å². The predicted octanol–water partition coefficient (Wildman–Crippen LogP) is 4.39. The summed E-state index contributed by atoms with van der Waals surface area (Å²) >= 11 is 12.1. The highest BCUT2D eigenvalue weighted by Gasteiger charge is 2.12. The number of hydrogen-bond donors (Lipinski definition) is 1. The lowest BCUT2D eigenvalue weighted by Gasteiger charge is -2.26. The number of ether oxygens (including phenoxy) is 3. The van der Waals surface area contributed by atoms with Gasteiger partial charge in [-0.05, 0) is 43.3 Å². The summed E-state index contributed by atoms with van der Waals surface area (Å²) in [4.78, 5) is 2.45. The Bertz CT molecular complexity index is 783. The lowest BCUT2D eigenvalue weighted by molar-refractivity contribution is 0.0374. The van der Waals surface area contributed by atoms with Crippen LogP contribution in [-0.2, 0) is 17.9 Å². The molecule has 2 aromatic carbocycles. The maximum Gasteiger partial charge on any atom is 0.166 e. The van der Waals surface area contributed by atoms with Crippen LogP contribution in [0, 0.1) is 0 Å². The van der Waals surface area contributed by atoms with E-state index >= 15 is 0 Å². The topological polar surface area (TPSA) is 43.0 Å². The lowest BCUT2D eigenvalue weighted by atomic mass is 10.1. The molecule has 0 radical (unpaired) electrons. The van der Waals surface area contributed by atoms with E-state index in [1.165, 1.54) is 0 Å². The molecule has 1 N–H and O–H groups in total. The molecule has 0 bridgehead atoms. The molecule has 1 fully saturated rings. The van der Waals surface area contributed by atoms with Gasteiger partial charge in [0, 0.05) is 25.2 Å². The molecule has 0 aromatic heterocycles. The molecule has 0 aliphatic carbocycles. The molecule has 2 aromatic rings. The van der Waals surface area contributed by atoms with Gasteiger partial charge >= 0.3 is 0 Å². The molecule has 7 heteroatoms. The molecule has 1 heterocycles. The largest absolute Gasteiger partial charge is 0.493 e. The van der Waals surface area contributed by atoms with Gasteiger partial charge in [-0.15, -0.1) is 0 Å². The Hall–Kier alpha value is -1.50. The SMILES string of the molecule is COc1cccc(CNCCCN2CCOCC2)c1OCc1ccc(Cl)c(Cl)c1. The Morgan fingerprint density at radius 3 is 2.69 bits per heavy atom. The molecule has 1 aliphatic heterocycles. The third kappa shape index (κ3) is 6.76. The van der Waals surface area contributed by atoms with Gasteiger partial charge in [-0.1, -0.05) is 41.4 Å². The normalized spacial score (nSPS) is 14.7. The number of rotatable bonds is 10. The number of methoxy groups -OCH3 is 1. The molecule has 0 saturated carbocycles. The Labute approximate surface area is 182 Å². The Morgan fingerprint density at radius 2 is 1.93 bits per heavy atom. The summed E-state index contributed by atoms with van der Waals surface area (Å²) in [6, 6.07) is 11.5. The Kier molecular flexibility index (Phi) is 8.90. The molecule has 0 unspecified atom stereocenters. The molecule has 5 nitrogen and oxygen atoms in total. The number of para-hydroxylation sites is 1. The van der Waals surface area contributed by atoms with E-state index in [0.29, 0.717) is 16.7 Å². The van der Waals surface area contributed by atoms with Crippen molar-refractivity contribution < 1.29 is 14.2 Å². The van der Waals surface area contributed by atoms with E-state index in [2.05, 4.69) is 16.3 Å². The summed E-state index contributed by atoms with van der Waals surface area (Å²) in [7, 11) is 1.65. The van der Waals surface area contributed by atoms with Crippen LogP contribution in [0.4, 0.5) is 0 Å². The maximum atomic E-state index is 6.11. The number of hydrogen-bond acceptors (Lipinski definition) is 5. The summed E-state index contributed by atoms with van der Waals surface area (Å²) in [6.07, 6.45) is 1.10. The smallest absolute Gasteiger partial charge is 0.166 e. The third-order valence-electron chi connectivity index (χ3n) is 4.89. The molecule has 0 spiro atoms. The molecule has 1 aliphatic rings. The van der Waals surface area contributed by atoms with Gasteiger partial charge in [-0.2, -0.15) is 0 Å². The summed E-state index contributed by atoms with van der Waals surface area (Å²) in [5.41, 5.74) is 2.02. The first-order valence-corrected chi connectivity index (χ1v) is 10.7. The number of nitrogens with one attached hydrogen (secondary N) is 1. The van der Waals surface area contributed by atoms with Crippen LogP contribution in [-0.4, -0.2) is 51.4 Å². The summed E-state index contributed by atoms with van der Waals surface area (Å²) in [5, 5.41) is 4.58. The van der Waals surface area contributed by atoms with Crippen LogP contribution in [0.1, 0.15) is 17.5 Å². The van der Waals surface area contributed by atoms with Gasteiger partial charge < -0.3 is 19.5 Å². The fourth-order valence-electron chi connectivity index (χ4n) is 3.29. The lowest BCUT2D eigenvalue weighted by Crippen LogP contribution is -2.37. The van der Waals surface area contributed by atoms with Gasteiger partial charge in [0.25, 0.3) is 0 Å². The first kappa shape index (κ1) is 22.2. The average molecular weight is 439 g/mol. The van der Waals surface area contributed by atoms with Gasteiger partial charge in [-0.3, -0.25) is 4.90 Å². The van der Waals surface area contributed by atoms with Crippen molar-refractivity contribution in [2.24, 2.45) is 0 Å². The highest BCUT2D eigenvalue weighted by Crippen LogP contribution is 2.32. The molecule has 3 rings (SSSR count). The van der Waals surface area contributed by atoms with Gasteiger partial charge in [0.05, 0.1) is 30.4 Å². The second-order valence-corrected chi connectivity index (χ2v) is 7.78. The van der Waals surface area contributed by atoms with Crippen LogP contribution in [0.2, 0.25) is 10.0 Å². The summed E-state index contributed by atoms with van der Waals surface area (Å²) in [5.74, 6) is 1.47. The van der Waals surface area contributed by atoms with Crippen molar-refractivity contribution in [3.63, 3.8) is 0 Å². The summed E-state index contributed by atoms with van der Waals surface area (Å²) < 4.78 is 17.0. The van der Waals surface area contributed by atoms with Crippen LogP contribution < -0.4 is 14.8 Å². The van der Waals surface area contributed by atoms with Crippen LogP contribution in [0.15, 0.2) is 36.4 Å². The zero-order valence-electron chi connectivity index (χ0n) is 16.8. The average Bonchev–Trinajstić information content (AvgIpc) is 2.75. The van der Waals surface area contributed by atoms with E-state index in [0.717, 1.165) is 75.0 Å². The number of benzene rings is 2. The minimum atomic E-state index is 0.390. The quantitative estimate of drug-likeness (QED) is 0.557. The van der Waals surface area contributed by atoms with Gasteiger partial charge in [0.1, 0.15) is 6.61 Å².